The number of fused-ring (bicyclic) bond motifs is 3. The van der Waals surface area contributed by atoms with Gasteiger partial charge < -0.3 is 15.5 Å². The second-order valence-corrected chi connectivity index (χ2v) is 9.20. The first-order valence-corrected chi connectivity index (χ1v) is 12.1. The fraction of sp³-hybridized carbons (Fsp3) is 0.273. The zero-order valence-electron chi connectivity index (χ0n) is 18.0. The fourth-order valence-electron chi connectivity index (χ4n) is 3.38. The number of aromatic nitrogens is 3. The van der Waals surface area contributed by atoms with E-state index in [1.807, 2.05) is 0 Å². The van der Waals surface area contributed by atoms with Gasteiger partial charge in [-0.2, -0.15) is 0 Å². The van der Waals surface area contributed by atoms with Gasteiger partial charge in [0.15, 0.2) is 5.16 Å². The first kappa shape index (κ1) is 25.1. The van der Waals surface area contributed by atoms with Crippen LogP contribution >= 0.6 is 23.1 Å². The highest BCUT2D eigenvalue weighted by atomic mass is 32.2. The molecule has 0 atom stereocenters. The minimum absolute atomic E-state index is 0.0283. The lowest BCUT2D eigenvalue weighted by atomic mass is 9.97. The Morgan fingerprint density at radius 1 is 1.24 bits per heavy atom. The zero-order valence-corrected chi connectivity index (χ0v) is 19.7. The van der Waals surface area contributed by atoms with Gasteiger partial charge in [0.2, 0.25) is 5.91 Å². The van der Waals surface area contributed by atoms with Crippen molar-refractivity contribution in [2.24, 2.45) is 0 Å². The Morgan fingerprint density at radius 2 is 1.97 bits per heavy atom. The maximum absolute atomic E-state index is 13.2. The summed E-state index contributed by atoms with van der Waals surface area (Å²) in [5.41, 5.74) is 1.79. The van der Waals surface area contributed by atoms with Crippen molar-refractivity contribution in [3.8, 4) is 0 Å². The van der Waals surface area contributed by atoms with Gasteiger partial charge in [-0.25, -0.2) is 14.6 Å². The molecule has 1 aliphatic carbocycles. The normalized spacial score (nSPS) is 12.2. The summed E-state index contributed by atoms with van der Waals surface area (Å²) in [6.45, 7) is 4.14. The number of aliphatic carboxylic acids is 2. The molecule has 0 saturated heterocycles. The van der Waals surface area contributed by atoms with E-state index < -0.39 is 11.9 Å². The summed E-state index contributed by atoms with van der Waals surface area (Å²) in [6, 6.07) is 3.54. The molecular formula is C22H22N4O6S2. The van der Waals surface area contributed by atoms with E-state index in [0.717, 1.165) is 35.9 Å². The van der Waals surface area contributed by atoms with Crippen LogP contribution in [0, 0.1) is 0 Å². The van der Waals surface area contributed by atoms with Gasteiger partial charge in [0.1, 0.15) is 4.83 Å². The average Bonchev–Trinajstić information content (AvgIpc) is 3.19. The summed E-state index contributed by atoms with van der Waals surface area (Å²) in [5.74, 6) is -3.65. The van der Waals surface area contributed by atoms with E-state index in [1.54, 1.807) is 46.5 Å². The van der Waals surface area contributed by atoms with Crippen molar-refractivity contribution in [1.82, 2.24) is 14.5 Å². The van der Waals surface area contributed by atoms with Crippen molar-refractivity contribution >= 4 is 56.8 Å². The summed E-state index contributed by atoms with van der Waals surface area (Å²) >= 11 is 2.89. The number of carbonyl (C=O) groups is 3. The number of pyridine rings is 1. The number of carboxylic acid groups (broad SMARTS) is 2. The van der Waals surface area contributed by atoms with E-state index in [9.17, 15) is 9.59 Å². The number of aryl methyl sites for hydroxylation is 2. The number of thiophene rings is 1. The molecule has 0 unspecified atom stereocenters. The van der Waals surface area contributed by atoms with Crippen LogP contribution < -0.4 is 10.9 Å². The molecule has 1 amide bonds. The third kappa shape index (κ3) is 6.08. The van der Waals surface area contributed by atoms with E-state index in [4.69, 9.17) is 24.8 Å². The minimum atomic E-state index is -1.82. The average molecular weight is 503 g/mol. The molecule has 0 radical (unpaired) electrons. The molecule has 34 heavy (non-hydrogen) atoms. The lowest BCUT2D eigenvalue weighted by Gasteiger charge is -2.12. The molecule has 0 aromatic carbocycles. The molecule has 0 spiro atoms. The number of carboxylic acids is 2. The molecule has 3 heterocycles. The predicted octanol–water partition coefficient (Wildman–Crippen LogP) is 2.80. The molecular weight excluding hydrogens is 480 g/mol. The number of nitrogens with zero attached hydrogens (tertiary/aromatic N) is 3. The number of hydrogen-bond donors (Lipinski definition) is 3. The van der Waals surface area contributed by atoms with Gasteiger partial charge in [-0.05, 0) is 43.4 Å². The van der Waals surface area contributed by atoms with Crippen LogP contribution in [0.1, 0.15) is 23.3 Å². The van der Waals surface area contributed by atoms with E-state index in [0.29, 0.717) is 17.4 Å². The second kappa shape index (κ2) is 11.6. The predicted molar refractivity (Wildman–Crippen MR) is 130 cm³/mol. The molecule has 178 valence electrons. The SMILES string of the molecule is C=CCn1c(SCC(=O)Nc2cccnc2)nc2sc3c(c2c1=O)CCCC3.O=C(O)C(=O)O. The Kier molecular flexibility index (Phi) is 8.55. The number of allylic oxidation sites excluding steroid dienone is 1. The first-order chi connectivity index (χ1) is 16.3. The Bertz CT molecular complexity index is 1270. The third-order valence-electron chi connectivity index (χ3n) is 4.81. The molecule has 3 N–H and O–H groups in total. The number of carbonyl (C=O) groups excluding carboxylic acids is 1. The highest BCUT2D eigenvalue weighted by molar-refractivity contribution is 7.99. The molecule has 3 aromatic rings. The summed E-state index contributed by atoms with van der Waals surface area (Å²) in [6.07, 6.45) is 9.18. The van der Waals surface area contributed by atoms with E-state index in [-0.39, 0.29) is 17.2 Å². The molecule has 1 aliphatic rings. The summed E-state index contributed by atoms with van der Waals surface area (Å²) in [4.78, 5) is 54.4. The van der Waals surface area contributed by atoms with Gasteiger partial charge in [0, 0.05) is 17.6 Å². The van der Waals surface area contributed by atoms with Gasteiger partial charge in [-0.3, -0.25) is 19.1 Å². The number of thioether (sulfide) groups is 1. The topological polar surface area (TPSA) is 151 Å². The van der Waals surface area contributed by atoms with Crippen LogP contribution in [0.2, 0.25) is 0 Å². The zero-order chi connectivity index (χ0) is 24.7. The van der Waals surface area contributed by atoms with Crippen molar-refractivity contribution in [3.63, 3.8) is 0 Å². The Hall–Kier alpha value is -3.51. The highest BCUT2D eigenvalue weighted by Crippen LogP contribution is 2.34. The van der Waals surface area contributed by atoms with Gasteiger partial charge in [-0.1, -0.05) is 17.8 Å². The van der Waals surface area contributed by atoms with Crippen molar-refractivity contribution in [2.75, 3.05) is 11.1 Å². The van der Waals surface area contributed by atoms with Crippen LogP contribution in [0.4, 0.5) is 5.69 Å². The number of rotatable bonds is 6. The quantitative estimate of drug-likeness (QED) is 0.200. The maximum Gasteiger partial charge on any atom is 0.414 e. The summed E-state index contributed by atoms with van der Waals surface area (Å²) in [7, 11) is 0. The van der Waals surface area contributed by atoms with Gasteiger partial charge in [0.05, 0.1) is 23.0 Å². The van der Waals surface area contributed by atoms with Crippen LogP contribution in [-0.4, -0.2) is 48.3 Å². The van der Waals surface area contributed by atoms with Crippen molar-refractivity contribution in [1.29, 1.82) is 0 Å². The van der Waals surface area contributed by atoms with Gasteiger partial charge in [-0.15, -0.1) is 17.9 Å². The number of amides is 1. The van der Waals surface area contributed by atoms with Crippen LogP contribution in [-0.2, 0) is 33.8 Å². The Morgan fingerprint density at radius 3 is 2.62 bits per heavy atom. The lowest BCUT2D eigenvalue weighted by molar-refractivity contribution is -0.159. The van der Waals surface area contributed by atoms with Gasteiger partial charge in [0.25, 0.3) is 5.56 Å². The van der Waals surface area contributed by atoms with Crippen LogP contribution in [0.15, 0.2) is 47.1 Å². The number of anilines is 1. The molecule has 10 nitrogen and oxygen atoms in total. The van der Waals surface area contributed by atoms with E-state index in [2.05, 4.69) is 16.9 Å². The standard InChI is InChI=1S/C20H20N4O2S2.C2H2O4/c1-2-10-24-19(26)17-14-7-3-4-8-15(14)28-18(17)23-20(24)27-12-16(25)22-13-6-5-9-21-11-13;3-1(4)2(5)6/h2,5-6,9,11H,1,3-4,7-8,10,12H2,(H,22,25);(H,3,4)(H,5,6). The highest BCUT2D eigenvalue weighted by Gasteiger charge is 2.22. The Labute approximate surface area is 202 Å². The fourth-order valence-corrected chi connectivity index (χ4v) is 5.50. The minimum Gasteiger partial charge on any atom is -0.473 e. The monoisotopic (exact) mass is 502 g/mol. The van der Waals surface area contributed by atoms with Crippen LogP contribution in [0.5, 0.6) is 0 Å². The smallest absolute Gasteiger partial charge is 0.414 e. The Balaban J connectivity index is 0.000000481. The largest absolute Gasteiger partial charge is 0.473 e. The van der Waals surface area contributed by atoms with Crippen LogP contribution in [0.3, 0.4) is 0 Å². The van der Waals surface area contributed by atoms with Crippen molar-refractivity contribution in [3.05, 3.63) is 58.0 Å². The van der Waals surface area contributed by atoms with Gasteiger partial charge >= 0.3 is 11.9 Å². The third-order valence-corrected chi connectivity index (χ3v) is 6.97. The van der Waals surface area contributed by atoms with Crippen molar-refractivity contribution < 1.29 is 24.6 Å². The van der Waals surface area contributed by atoms with E-state index >= 15 is 0 Å². The summed E-state index contributed by atoms with van der Waals surface area (Å²) in [5, 5.41) is 18.9. The number of hydrogen-bond acceptors (Lipinski definition) is 8. The number of nitrogens with one attached hydrogen (secondary N) is 1. The summed E-state index contributed by atoms with van der Waals surface area (Å²) < 4.78 is 1.62. The first-order valence-electron chi connectivity index (χ1n) is 10.3. The molecule has 0 fully saturated rings. The molecule has 0 aliphatic heterocycles. The van der Waals surface area contributed by atoms with Crippen molar-refractivity contribution in [2.45, 2.75) is 37.4 Å². The molecule has 12 heteroatoms. The lowest BCUT2D eigenvalue weighted by Crippen LogP contribution is -2.24. The molecule has 4 rings (SSSR count). The van der Waals surface area contributed by atoms with Crippen LogP contribution in [0.25, 0.3) is 10.2 Å². The second-order valence-electron chi connectivity index (χ2n) is 7.18. The molecule has 0 bridgehead atoms. The maximum atomic E-state index is 13.2. The molecule has 3 aromatic heterocycles. The van der Waals surface area contributed by atoms with E-state index in [1.165, 1.54) is 22.2 Å². The molecule has 0 saturated carbocycles.